The van der Waals surface area contributed by atoms with E-state index in [4.69, 9.17) is 0 Å². The third-order valence-corrected chi connectivity index (χ3v) is 3.43. The lowest BCUT2D eigenvalue weighted by Crippen LogP contribution is -2.22. The Bertz CT molecular complexity index is 504. The van der Waals surface area contributed by atoms with Crippen LogP contribution in [0.2, 0.25) is 0 Å². The number of hydrogen-bond acceptors (Lipinski definition) is 6. The highest BCUT2D eigenvalue weighted by Gasteiger charge is 1.98. The molecule has 0 saturated heterocycles. The smallest absolute Gasteiger partial charge is 0.0758 e. The van der Waals surface area contributed by atoms with Crippen LogP contribution < -0.4 is 10.2 Å². The highest BCUT2D eigenvalue weighted by Crippen LogP contribution is 2.03. The molecule has 0 bridgehead atoms. The van der Waals surface area contributed by atoms with E-state index < -0.39 is 24.1 Å². The van der Waals surface area contributed by atoms with Gasteiger partial charge in [0.15, 0.2) is 0 Å². The predicted octanol–water partition coefficient (Wildman–Crippen LogP) is 0.554. The molecule has 0 aliphatic heterocycles. The van der Waals surface area contributed by atoms with Crippen LogP contribution in [0.5, 0.6) is 0 Å². The van der Waals surface area contributed by atoms with Crippen molar-refractivity contribution < 1.29 is 30.0 Å². The predicted molar refractivity (Wildman–Crippen MR) is 95.5 cm³/mol. The number of carbonyl (C=O) groups excluding carboxylic acids is 2. The molecule has 0 amide bonds. The highest BCUT2D eigenvalue weighted by molar-refractivity contribution is 5.64. The lowest BCUT2D eigenvalue weighted by molar-refractivity contribution is -0.307. The van der Waals surface area contributed by atoms with Crippen LogP contribution in [-0.4, -0.2) is 34.4 Å². The van der Waals surface area contributed by atoms with E-state index in [-0.39, 0.29) is 12.8 Å². The van der Waals surface area contributed by atoms with Crippen LogP contribution in [0.3, 0.4) is 0 Å². The molecule has 0 heterocycles. The summed E-state index contributed by atoms with van der Waals surface area (Å²) in [5.41, 5.74) is 0. The fourth-order valence-electron chi connectivity index (χ4n) is 2.03. The van der Waals surface area contributed by atoms with Crippen molar-refractivity contribution in [2.75, 3.05) is 0 Å². The maximum absolute atomic E-state index is 10.2. The fraction of sp³-hybridized carbons (Fsp3) is 0.500. The first-order chi connectivity index (χ1) is 12.4. The van der Waals surface area contributed by atoms with E-state index in [1.54, 1.807) is 36.5 Å². The Kier molecular flexibility index (Phi) is 14.9. The number of hydrogen-bond donors (Lipinski definition) is 2. The number of carboxylic acids is 2. The molecular formula is C20H28O6-2. The second-order valence-electron chi connectivity index (χ2n) is 5.88. The van der Waals surface area contributed by atoms with E-state index in [0.29, 0.717) is 25.7 Å². The third-order valence-electron chi connectivity index (χ3n) is 3.43. The van der Waals surface area contributed by atoms with E-state index in [0.717, 1.165) is 12.8 Å². The number of aliphatic hydroxyl groups excluding tert-OH is 2. The highest BCUT2D eigenvalue weighted by atomic mass is 16.4. The van der Waals surface area contributed by atoms with Gasteiger partial charge in [-0.2, -0.15) is 0 Å². The van der Waals surface area contributed by atoms with E-state index in [9.17, 15) is 30.0 Å². The number of aliphatic hydroxyl groups is 2. The summed E-state index contributed by atoms with van der Waals surface area (Å²) >= 11 is 0. The van der Waals surface area contributed by atoms with E-state index in [1.807, 2.05) is 12.2 Å². The molecule has 26 heavy (non-hydrogen) atoms. The van der Waals surface area contributed by atoms with Gasteiger partial charge in [0.25, 0.3) is 0 Å². The SMILES string of the molecule is O=C([O-])CCCC/C=C\C[C@@H](O)/C=C/C=C/C=C\[C@@H](O)CCCC(=O)[O-]. The van der Waals surface area contributed by atoms with E-state index in [1.165, 1.54) is 0 Å². The van der Waals surface area contributed by atoms with Crippen LogP contribution in [0.4, 0.5) is 0 Å². The molecule has 2 atom stereocenters. The normalized spacial score (nSPS) is 14.7. The Hall–Kier alpha value is -2.18. The van der Waals surface area contributed by atoms with Crippen LogP contribution in [-0.2, 0) is 9.59 Å². The van der Waals surface area contributed by atoms with Crippen LogP contribution in [0.25, 0.3) is 0 Å². The second kappa shape index (κ2) is 16.3. The summed E-state index contributed by atoms with van der Waals surface area (Å²) in [5, 5.41) is 39.8. The van der Waals surface area contributed by atoms with Crippen LogP contribution >= 0.6 is 0 Å². The average molecular weight is 364 g/mol. The molecule has 6 nitrogen and oxygen atoms in total. The topological polar surface area (TPSA) is 121 Å². The molecule has 146 valence electrons. The zero-order valence-electron chi connectivity index (χ0n) is 15.0. The van der Waals surface area contributed by atoms with Gasteiger partial charge in [-0.05, 0) is 51.4 Å². The molecule has 0 aromatic heterocycles. The maximum atomic E-state index is 10.2. The quantitative estimate of drug-likeness (QED) is 0.249. The molecule has 0 aliphatic carbocycles. The Balaban J connectivity index is 3.80. The summed E-state index contributed by atoms with van der Waals surface area (Å²) in [6.07, 6.45) is 15.9. The summed E-state index contributed by atoms with van der Waals surface area (Å²) in [7, 11) is 0. The van der Waals surface area contributed by atoms with Gasteiger partial charge in [0.05, 0.1) is 12.2 Å². The van der Waals surface area contributed by atoms with Gasteiger partial charge in [-0.1, -0.05) is 48.6 Å². The van der Waals surface area contributed by atoms with Crippen molar-refractivity contribution in [3.8, 4) is 0 Å². The first-order valence-electron chi connectivity index (χ1n) is 8.84. The molecule has 0 aliphatic rings. The van der Waals surface area contributed by atoms with Crippen molar-refractivity contribution in [3.05, 3.63) is 48.6 Å². The Labute approximate surface area is 154 Å². The molecule has 0 radical (unpaired) electrons. The minimum absolute atomic E-state index is 0.0599. The summed E-state index contributed by atoms with van der Waals surface area (Å²) in [6.45, 7) is 0. The molecule has 0 aromatic carbocycles. The molecule has 0 rings (SSSR count). The zero-order chi connectivity index (χ0) is 19.6. The third kappa shape index (κ3) is 18.2. The number of carboxylic acid groups (broad SMARTS) is 2. The molecule has 0 saturated carbocycles. The summed E-state index contributed by atoms with van der Waals surface area (Å²) in [5.74, 6) is -2.14. The number of aliphatic carboxylic acids is 2. The molecule has 0 spiro atoms. The number of carbonyl (C=O) groups is 2. The standard InChI is InChI=1S/C20H30O6/c21-17(11-6-2-1-3-9-15-19(23)24)12-7-4-5-8-13-18(22)14-10-16-20(25)26/h2,4-8,12-13,17-18,21-22H,1,3,9-11,14-16H2,(H,23,24)(H,25,26)/p-2/b5-4+,6-2-,12-7+,13-8-/t17-,18-/m1/s1. The van der Waals surface area contributed by atoms with Crippen LogP contribution in [0, 0.1) is 0 Å². The molecule has 6 heteroatoms. The molecule has 0 aromatic rings. The van der Waals surface area contributed by atoms with Crippen LogP contribution in [0.15, 0.2) is 48.6 Å². The van der Waals surface area contributed by atoms with Crippen molar-refractivity contribution in [1.29, 1.82) is 0 Å². The van der Waals surface area contributed by atoms with E-state index >= 15 is 0 Å². The van der Waals surface area contributed by atoms with Crippen molar-refractivity contribution in [2.24, 2.45) is 0 Å². The largest absolute Gasteiger partial charge is 0.550 e. The van der Waals surface area contributed by atoms with Gasteiger partial charge in [-0.3, -0.25) is 0 Å². The van der Waals surface area contributed by atoms with Gasteiger partial charge in [0.2, 0.25) is 0 Å². The van der Waals surface area contributed by atoms with Gasteiger partial charge in [0, 0.05) is 11.9 Å². The molecular weight excluding hydrogens is 336 g/mol. The lowest BCUT2D eigenvalue weighted by Gasteiger charge is -2.04. The minimum atomic E-state index is -1.12. The van der Waals surface area contributed by atoms with E-state index in [2.05, 4.69) is 0 Å². The summed E-state index contributed by atoms with van der Waals surface area (Å²) in [4.78, 5) is 20.5. The first kappa shape index (κ1) is 23.8. The summed E-state index contributed by atoms with van der Waals surface area (Å²) < 4.78 is 0. The van der Waals surface area contributed by atoms with Crippen LogP contribution in [0.1, 0.15) is 51.4 Å². The van der Waals surface area contributed by atoms with Crippen molar-refractivity contribution in [2.45, 2.75) is 63.6 Å². The van der Waals surface area contributed by atoms with Crippen molar-refractivity contribution >= 4 is 11.9 Å². The number of allylic oxidation sites excluding steroid dienone is 5. The lowest BCUT2D eigenvalue weighted by atomic mass is 10.1. The monoisotopic (exact) mass is 364 g/mol. The first-order valence-corrected chi connectivity index (χ1v) is 8.84. The molecule has 0 fully saturated rings. The van der Waals surface area contributed by atoms with Gasteiger partial charge in [-0.15, -0.1) is 0 Å². The van der Waals surface area contributed by atoms with Gasteiger partial charge >= 0.3 is 0 Å². The van der Waals surface area contributed by atoms with Crippen molar-refractivity contribution in [3.63, 3.8) is 0 Å². The van der Waals surface area contributed by atoms with Gasteiger partial charge < -0.3 is 30.0 Å². The van der Waals surface area contributed by atoms with Crippen molar-refractivity contribution in [1.82, 2.24) is 0 Å². The van der Waals surface area contributed by atoms with Gasteiger partial charge in [0.1, 0.15) is 0 Å². The average Bonchev–Trinajstić information content (AvgIpc) is 2.56. The number of rotatable bonds is 15. The number of unbranched alkanes of at least 4 members (excludes halogenated alkanes) is 2. The Morgan fingerprint density at radius 3 is 1.96 bits per heavy atom. The Morgan fingerprint density at radius 1 is 0.769 bits per heavy atom. The minimum Gasteiger partial charge on any atom is -0.550 e. The Morgan fingerprint density at radius 2 is 1.35 bits per heavy atom. The fourth-order valence-corrected chi connectivity index (χ4v) is 2.03. The molecule has 0 unspecified atom stereocenters. The maximum Gasteiger partial charge on any atom is 0.0758 e. The molecule has 2 N–H and O–H groups in total. The van der Waals surface area contributed by atoms with Gasteiger partial charge in [-0.25, -0.2) is 0 Å². The summed E-state index contributed by atoms with van der Waals surface area (Å²) in [6, 6.07) is 0. The zero-order valence-corrected chi connectivity index (χ0v) is 15.0. The second-order valence-corrected chi connectivity index (χ2v) is 5.88.